The zero-order valence-electron chi connectivity index (χ0n) is 20.1. The molecule has 0 bridgehead atoms. The Morgan fingerprint density at radius 2 is 1.77 bits per heavy atom. The smallest absolute Gasteiger partial charge is 0.251 e. The molecule has 6 nitrogen and oxygen atoms in total. The lowest BCUT2D eigenvalue weighted by Crippen LogP contribution is -2.43. The Bertz CT molecular complexity index is 1130. The Kier molecular flexibility index (Phi) is 9.29. The summed E-state index contributed by atoms with van der Waals surface area (Å²) in [4.78, 5) is 12.6. The molecule has 186 valence electrons. The van der Waals surface area contributed by atoms with Gasteiger partial charge in [0.1, 0.15) is 5.75 Å². The van der Waals surface area contributed by atoms with Gasteiger partial charge in [-0.05, 0) is 79.8 Å². The number of rotatable bonds is 11. The number of amides is 1. The topological polar surface area (TPSA) is 102 Å². The number of aliphatic hydroxyl groups is 2. The van der Waals surface area contributed by atoms with Gasteiger partial charge in [0.15, 0.2) is 0 Å². The molecular weight excluding hydrogens is 464 g/mol. The van der Waals surface area contributed by atoms with Crippen LogP contribution in [0, 0.1) is 0 Å². The second-order valence-electron chi connectivity index (χ2n) is 9.34. The third-order valence-corrected chi connectivity index (χ3v) is 6.13. The first kappa shape index (κ1) is 26.7. The van der Waals surface area contributed by atoms with Crippen LogP contribution >= 0.6 is 11.6 Å². The summed E-state index contributed by atoms with van der Waals surface area (Å²) < 4.78 is 0. The van der Waals surface area contributed by atoms with E-state index in [2.05, 4.69) is 10.6 Å². The first-order valence-corrected chi connectivity index (χ1v) is 12.0. The van der Waals surface area contributed by atoms with Gasteiger partial charge in [-0.25, -0.2) is 0 Å². The molecule has 3 aromatic carbocycles. The van der Waals surface area contributed by atoms with Crippen LogP contribution in [0.2, 0.25) is 5.02 Å². The summed E-state index contributed by atoms with van der Waals surface area (Å²) >= 11 is 5.91. The van der Waals surface area contributed by atoms with Crippen molar-refractivity contribution in [1.82, 2.24) is 10.6 Å². The fourth-order valence-corrected chi connectivity index (χ4v) is 4.02. The number of halogens is 1. The van der Waals surface area contributed by atoms with Crippen molar-refractivity contribution >= 4 is 17.5 Å². The highest BCUT2D eigenvalue weighted by Gasteiger charge is 2.21. The number of nitrogens with one attached hydrogen (secondary N) is 2. The first-order valence-electron chi connectivity index (χ1n) is 11.6. The lowest BCUT2D eigenvalue weighted by molar-refractivity contribution is 0.0954. The molecule has 0 spiro atoms. The number of aliphatic hydroxyl groups excluding tert-OH is 2. The molecule has 5 N–H and O–H groups in total. The van der Waals surface area contributed by atoms with E-state index in [0.717, 1.165) is 17.5 Å². The number of carbonyl (C=O) groups excluding carboxylic acids is 1. The molecule has 1 amide bonds. The largest absolute Gasteiger partial charge is 0.508 e. The maximum atomic E-state index is 12.6. The number of benzene rings is 3. The van der Waals surface area contributed by atoms with Crippen LogP contribution < -0.4 is 10.6 Å². The zero-order chi connectivity index (χ0) is 25.4. The molecule has 0 fully saturated rings. The number of β-amino-alcohol motifs (C(OH)–C–C–N with tert-alkyl or cyclic N) is 1. The number of aromatic hydroxyl groups is 1. The first-order chi connectivity index (χ1) is 16.7. The normalized spacial score (nSPS) is 12.4. The molecule has 1 atom stereocenters. The predicted molar refractivity (Wildman–Crippen MR) is 139 cm³/mol. The molecule has 3 rings (SSSR count). The Morgan fingerprint density at radius 1 is 1.03 bits per heavy atom. The third-order valence-electron chi connectivity index (χ3n) is 5.88. The van der Waals surface area contributed by atoms with E-state index in [1.807, 2.05) is 56.3 Å². The van der Waals surface area contributed by atoms with Crippen LogP contribution in [0.4, 0.5) is 0 Å². The molecular formula is C28H33ClN2O4. The van der Waals surface area contributed by atoms with Crippen molar-refractivity contribution < 1.29 is 20.1 Å². The van der Waals surface area contributed by atoms with E-state index in [0.29, 0.717) is 41.2 Å². The molecule has 0 aromatic heterocycles. The van der Waals surface area contributed by atoms with Gasteiger partial charge in [-0.15, -0.1) is 0 Å². The van der Waals surface area contributed by atoms with Crippen molar-refractivity contribution in [1.29, 1.82) is 0 Å². The molecule has 35 heavy (non-hydrogen) atoms. The molecule has 0 unspecified atom stereocenters. The molecule has 0 aliphatic rings. The zero-order valence-corrected chi connectivity index (χ0v) is 20.8. The minimum atomic E-state index is -0.794. The quantitative estimate of drug-likeness (QED) is 0.274. The molecule has 0 heterocycles. The van der Waals surface area contributed by atoms with Crippen molar-refractivity contribution in [2.45, 2.75) is 44.9 Å². The van der Waals surface area contributed by atoms with Crippen LogP contribution in [0.15, 0.2) is 66.7 Å². The Morgan fingerprint density at radius 3 is 2.49 bits per heavy atom. The van der Waals surface area contributed by atoms with Gasteiger partial charge < -0.3 is 26.0 Å². The maximum Gasteiger partial charge on any atom is 0.251 e. The van der Waals surface area contributed by atoms with Crippen molar-refractivity contribution in [2.24, 2.45) is 0 Å². The predicted octanol–water partition coefficient (Wildman–Crippen LogP) is 4.15. The molecule has 0 saturated carbocycles. The van der Waals surface area contributed by atoms with Gasteiger partial charge in [-0.2, -0.15) is 0 Å². The third kappa shape index (κ3) is 8.08. The van der Waals surface area contributed by atoms with Crippen LogP contribution in [-0.2, 0) is 19.4 Å². The minimum Gasteiger partial charge on any atom is -0.508 e. The minimum absolute atomic E-state index is 0.00522. The average Bonchev–Trinajstić information content (AvgIpc) is 2.84. The molecule has 0 aliphatic heterocycles. The number of hydrogen-bond acceptors (Lipinski definition) is 5. The van der Waals surface area contributed by atoms with E-state index in [1.165, 1.54) is 6.07 Å². The van der Waals surface area contributed by atoms with E-state index in [9.17, 15) is 20.1 Å². The second kappa shape index (κ2) is 12.2. The number of phenols is 1. The van der Waals surface area contributed by atoms with E-state index in [-0.39, 0.29) is 23.8 Å². The monoisotopic (exact) mass is 496 g/mol. The SMILES string of the molecule is CC(C)(Cc1cccc(C(=O)NCCc2ccc(Cl)cc2)c1)NC[C@H](O)c1ccc(O)c(CO)c1. The summed E-state index contributed by atoms with van der Waals surface area (Å²) in [6, 6.07) is 19.9. The fourth-order valence-electron chi connectivity index (χ4n) is 3.90. The average molecular weight is 497 g/mol. The van der Waals surface area contributed by atoms with Crippen LogP contribution in [-0.4, -0.2) is 39.9 Å². The highest BCUT2D eigenvalue weighted by atomic mass is 35.5. The van der Waals surface area contributed by atoms with Gasteiger partial charge in [-0.3, -0.25) is 4.79 Å². The van der Waals surface area contributed by atoms with Gasteiger partial charge in [-0.1, -0.05) is 41.9 Å². The Balaban J connectivity index is 1.53. The molecule has 0 radical (unpaired) electrons. The maximum absolute atomic E-state index is 12.6. The number of carbonyl (C=O) groups is 1. The van der Waals surface area contributed by atoms with Crippen molar-refractivity contribution in [3.8, 4) is 5.75 Å². The van der Waals surface area contributed by atoms with Gasteiger partial charge in [0, 0.05) is 34.8 Å². The fraction of sp³-hybridized carbons (Fsp3) is 0.321. The van der Waals surface area contributed by atoms with Crippen molar-refractivity contribution in [3.05, 3.63) is 99.6 Å². The van der Waals surface area contributed by atoms with Crippen LogP contribution in [0.1, 0.15) is 52.6 Å². The second-order valence-corrected chi connectivity index (χ2v) is 9.77. The van der Waals surface area contributed by atoms with E-state index in [4.69, 9.17) is 11.6 Å². The summed E-state index contributed by atoms with van der Waals surface area (Å²) in [5.41, 5.74) is 3.38. The van der Waals surface area contributed by atoms with Crippen LogP contribution in [0.25, 0.3) is 0 Å². The Labute approximate surface area is 211 Å². The lowest BCUT2D eigenvalue weighted by Gasteiger charge is -2.28. The van der Waals surface area contributed by atoms with Gasteiger partial charge in [0.25, 0.3) is 5.91 Å². The summed E-state index contributed by atoms with van der Waals surface area (Å²) in [6.07, 6.45) is 0.587. The number of hydrogen-bond donors (Lipinski definition) is 5. The highest BCUT2D eigenvalue weighted by molar-refractivity contribution is 6.30. The summed E-state index contributed by atoms with van der Waals surface area (Å²) in [6.45, 7) is 4.61. The van der Waals surface area contributed by atoms with Gasteiger partial charge in [0.05, 0.1) is 12.7 Å². The summed E-state index contributed by atoms with van der Waals surface area (Å²) in [5.74, 6) is -0.111. The lowest BCUT2D eigenvalue weighted by atomic mass is 9.93. The van der Waals surface area contributed by atoms with E-state index >= 15 is 0 Å². The molecule has 3 aromatic rings. The van der Waals surface area contributed by atoms with Crippen LogP contribution in [0.3, 0.4) is 0 Å². The van der Waals surface area contributed by atoms with Crippen molar-refractivity contribution in [3.63, 3.8) is 0 Å². The summed E-state index contributed by atoms with van der Waals surface area (Å²) in [7, 11) is 0. The van der Waals surface area contributed by atoms with E-state index < -0.39 is 6.10 Å². The molecule has 0 saturated heterocycles. The van der Waals surface area contributed by atoms with Crippen LogP contribution in [0.5, 0.6) is 5.75 Å². The van der Waals surface area contributed by atoms with Gasteiger partial charge in [0.2, 0.25) is 0 Å². The Hall–Kier alpha value is -2.90. The van der Waals surface area contributed by atoms with E-state index in [1.54, 1.807) is 18.2 Å². The molecule has 7 heteroatoms. The molecule has 0 aliphatic carbocycles. The van der Waals surface area contributed by atoms with Gasteiger partial charge >= 0.3 is 0 Å². The van der Waals surface area contributed by atoms with Crippen molar-refractivity contribution in [2.75, 3.05) is 13.1 Å². The standard InChI is InChI=1S/C28H33ClN2O4/c1-28(2,31-17-26(34)21-8-11-25(33)23(15-21)18-32)16-20-4-3-5-22(14-20)27(35)30-13-12-19-6-9-24(29)10-7-19/h3-11,14-15,26,31-34H,12-13,16-18H2,1-2H3,(H,30,35)/t26-/m0/s1. The highest BCUT2D eigenvalue weighted by Crippen LogP contribution is 2.23. The summed E-state index contributed by atoms with van der Waals surface area (Å²) in [5, 5.41) is 36.7.